The second-order valence-corrected chi connectivity index (χ2v) is 1.95. The molecule has 1 rings (SSSR count). The first-order chi connectivity index (χ1) is 5.22. The van der Waals surface area contributed by atoms with E-state index in [1.807, 2.05) is 11.9 Å². The Morgan fingerprint density at radius 1 is 1.82 bits per heavy atom. The zero-order valence-electron chi connectivity index (χ0n) is 6.02. The molecule has 0 aliphatic rings. The lowest BCUT2D eigenvalue weighted by Crippen LogP contribution is -2.14. The Morgan fingerprint density at radius 2 is 2.55 bits per heavy atom. The smallest absolute Gasteiger partial charge is 0.349 e. The molecular formula is C6H8FN3O. The van der Waals surface area contributed by atoms with Crippen molar-refractivity contribution in [3.8, 4) is 0 Å². The van der Waals surface area contributed by atoms with Crippen molar-refractivity contribution in [2.75, 3.05) is 11.9 Å². The van der Waals surface area contributed by atoms with Crippen molar-refractivity contribution in [2.45, 2.75) is 6.92 Å². The molecule has 0 fully saturated rings. The molecule has 0 atom stereocenters. The molecule has 60 valence electrons. The molecule has 0 amide bonds. The topological polar surface area (TPSA) is 57.8 Å². The normalized spacial score (nSPS) is 9.64. The summed E-state index contributed by atoms with van der Waals surface area (Å²) >= 11 is 0. The highest BCUT2D eigenvalue weighted by Crippen LogP contribution is 1.98. The minimum Gasteiger partial charge on any atom is -0.370 e. The predicted octanol–water partition coefficient (Wildman–Crippen LogP) is 0.341. The summed E-state index contributed by atoms with van der Waals surface area (Å²) in [5.41, 5.74) is -0.680. The van der Waals surface area contributed by atoms with Crippen LogP contribution in [0, 0.1) is 5.95 Å². The zero-order chi connectivity index (χ0) is 8.27. The van der Waals surface area contributed by atoms with Crippen molar-refractivity contribution in [1.29, 1.82) is 0 Å². The maximum absolute atomic E-state index is 12.4. The lowest BCUT2D eigenvalue weighted by molar-refractivity contribution is 0.574. The van der Waals surface area contributed by atoms with Crippen LogP contribution >= 0.6 is 0 Å². The fourth-order valence-corrected chi connectivity index (χ4v) is 0.700. The molecule has 1 aromatic heterocycles. The first-order valence-electron chi connectivity index (χ1n) is 3.23. The van der Waals surface area contributed by atoms with Gasteiger partial charge in [-0.3, -0.25) is 4.98 Å². The van der Waals surface area contributed by atoms with Gasteiger partial charge in [0, 0.05) is 12.6 Å². The third kappa shape index (κ3) is 2.03. The summed E-state index contributed by atoms with van der Waals surface area (Å²) in [4.78, 5) is 15.9. The van der Waals surface area contributed by atoms with Crippen LogP contribution in [0.4, 0.5) is 10.2 Å². The first kappa shape index (κ1) is 7.71. The Morgan fingerprint density at radius 3 is 3.09 bits per heavy atom. The van der Waals surface area contributed by atoms with E-state index >= 15 is 0 Å². The number of aromatic amines is 1. The largest absolute Gasteiger partial charge is 0.370 e. The van der Waals surface area contributed by atoms with Gasteiger partial charge in [0.15, 0.2) is 5.95 Å². The molecule has 0 aliphatic carbocycles. The summed E-state index contributed by atoms with van der Waals surface area (Å²) in [6, 6.07) is 1.13. The molecule has 2 N–H and O–H groups in total. The van der Waals surface area contributed by atoms with E-state index in [1.54, 1.807) is 0 Å². The van der Waals surface area contributed by atoms with Crippen LogP contribution in [0.2, 0.25) is 0 Å². The number of hydrogen-bond acceptors (Lipinski definition) is 3. The van der Waals surface area contributed by atoms with Gasteiger partial charge < -0.3 is 5.32 Å². The molecule has 0 aromatic carbocycles. The molecule has 0 unspecified atom stereocenters. The number of hydrogen-bond donors (Lipinski definition) is 2. The SMILES string of the molecule is CCNc1cc(F)[nH]c(=O)n1. The molecule has 0 saturated heterocycles. The number of aromatic nitrogens is 2. The average Bonchev–Trinajstić information content (AvgIpc) is 1.85. The summed E-state index contributed by atoms with van der Waals surface area (Å²) in [5, 5.41) is 2.72. The highest BCUT2D eigenvalue weighted by molar-refractivity contribution is 5.31. The van der Waals surface area contributed by atoms with Gasteiger partial charge in [0.1, 0.15) is 5.82 Å². The maximum Gasteiger partial charge on any atom is 0.349 e. The van der Waals surface area contributed by atoms with E-state index in [0.29, 0.717) is 6.54 Å². The van der Waals surface area contributed by atoms with Gasteiger partial charge in [-0.25, -0.2) is 4.79 Å². The monoisotopic (exact) mass is 157 g/mol. The summed E-state index contributed by atoms with van der Waals surface area (Å²) in [7, 11) is 0. The highest BCUT2D eigenvalue weighted by Gasteiger charge is 1.96. The van der Waals surface area contributed by atoms with Gasteiger partial charge in [-0.15, -0.1) is 0 Å². The second-order valence-electron chi connectivity index (χ2n) is 1.95. The van der Waals surface area contributed by atoms with Crippen molar-refractivity contribution in [3.05, 3.63) is 22.5 Å². The van der Waals surface area contributed by atoms with Crippen LogP contribution in [0.25, 0.3) is 0 Å². The number of nitrogens with zero attached hydrogens (tertiary/aromatic N) is 1. The number of rotatable bonds is 2. The van der Waals surface area contributed by atoms with Gasteiger partial charge in [0.25, 0.3) is 0 Å². The number of halogens is 1. The van der Waals surface area contributed by atoms with Crippen LogP contribution in [0.15, 0.2) is 10.9 Å². The van der Waals surface area contributed by atoms with E-state index in [0.717, 1.165) is 6.07 Å². The van der Waals surface area contributed by atoms with Gasteiger partial charge in [0.05, 0.1) is 0 Å². The second kappa shape index (κ2) is 3.14. The van der Waals surface area contributed by atoms with E-state index in [9.17, 15) is 9.18 Å². The lowest BCUT2D eigenvalue weighted by Gasteiger charge is -1.98. The summed E-state index contributed by atoms with van der Waals surface area (Å²) in [5.74, 6) is -0.422. The molecule has 0 aliphatic heterocycles. The molecule has 0 radical (unpaired) electrons. The summed E-state index contributed by atoms with van der Waals surface area (Å²) in [6.07, 6.45) is 0. The Bertz CT molecular complexity index is 296. The summed E-state index contributed by atoms with van der Waals surface area (Å²) in [6.45, 7) is 2.44. The van der Waals surface area contributed by atoms with Gasteiger partial charge in [0.2, 0.25) is 0 Å². The van der Waals surface area contributed by atoms with Gasteiger partial charge in [-0.1, -0.05) is 0 Å². The van der Waals surface area contributed by atoms with Crippen molar-refractivity contribution in [2.24, 2.45) is 0 Å². The molecule has 0 bridgehead atoms. The van der Waals surface area contributed by atoms with Crippen LogP contribution in [0.1, 0.15) is 6.92 Å². The van der Waals surface area contributed by atoms with Crippen LogP contribution < -0.4 is 11.0 Å². The van der Waals surface area contributed by atoms with E-state index in [2.05, 4.69) is 10.3 Å². The van der Waals surface area contributed by atoms with Crippen molar-refractivity contribution in [3.63, 3.8) is 0 Å². The standard InChI is InChI=1S/C6H8FN3O/c1-2-8-5-3-4(7)9-6(11)10-5/h3H,2H2,1H3,(H2,8,9,10,11). The minimum atomic E-state index is -0.680. The maximum atomic E-state index is 12.4. The van der Waals surface area contributed by atoms with Crippen molar-refractivity contribution >= 4 is 5.82 Å². The lowest BCUT2D eigenvalue weighted by atomic mass is 10.5. The van der Waals surface area contributed by atoms with Crippen LogP contribution in [-0.4, -0.2) is 16.5 Å². The van der Waals surface area contributed by atoms with Gasteiger partial charge in [-0.05, 0) is 6.92 Å². The Balaban J connectivity index is 2.99. The molecule has 1 aromatic rings. The summed E-state index contributed by atoms with van der Waals surface area (Å²) < 4.78 is 12.4. The Kier molecular flexibility index (Phi) is 2.20. The molecule has 0 saturated carbocycles. The molecule has 1 heterocycles. The minimum absolute atomic E-state index is 0.258. The van der Waals surface area contributed by atoms with Crippen LogP contribution in [-0.2, 0) is 0 Å². The molecular weight excluding hydrogens is 149 g/mol. The van der Waals surface area contributed by atoms with Crippen molar-refractivity contribution in [1.82, 2.24) is 9.97 Å². The predicted molar refractivity (Wildman–Crippen MR) is 39.0 cm³/mol. The zero-order valence-corrected chi connectivity index (χ0v) is 6.02. The number of H-pyrrole nitrogens is 1. The first-order valence-corrected chi connectivity index (χ1v) is 3.23. The fraction of sp³-hybridized carbons (Fsp3) is 0.333. The Hall–Kier alpha value is -1.39. The number of nitrogens with one attached hydrogen (secondary N) is 2. The third-order valence-electron chi connectivity index (χ3n) is 1.07. The molecule has 11 heavy (non-hydrogen) atoms. The van der Waals surface area contributed by atoms with Crippen molar-refractivity contribution < 1.29 is 4.39 Å². The molecule has 4 nitrogen and oxygen atoms in total. The number of anilines is 1. The third-order valence-corrected chi connectivity index (χ3v) is 1.07. The van der Waals surface area contributed by atoms with Crippen LogP contribution in [0.3, 0.4) is 0 Å². The molecule has 0 spiro atoms. The van der Waals surface area contributed by atoms with E-state index in [1.165, 1.54) is 0 Å². The van der Waals surface area contributed by atoms with Gasteiger partial charge in [-0.2, -0.15) is 9.37 Å². The average molecular weight is 157 g/mol. The molecule has 5 heteroatoms. The highest BCUT2D eigenvalue weighted by atomic mass is 19.1. The van der Waals surface area contributed by atoms with E-state index in [4.69, 9.17) is 0 Å². The fourth-order valence-electron chi connectivity index (χ4n) is 0.700. The van der Waals surface area contributed by atoms with E-state index in [-0.39, 0.29) is 5.82 Å². The Labute approximate surface area is 62.5 Å². The van der Waals surface area contributed by atoms with Crippen LogP contribution in [0.5, 0.6) is 0 Å². The quantitative estimate of drug-likeness (QED) is 0.608. The van der Waals surface area contributed by atoms with Gasteiger partial charge >= 0.3 is 5.69 Å². The van der Waals surface area contributed by atoms with E-state index < -0.39 is 11.6 Å².